The van der Waals surface area contributed by atoms with Gasteiger partial charge in [0.2, 0.25) is 5.88 Å². The first-order valence-electron chi connectivity index (χ1n) is 11.8. The standard InChI is InChI=1S/C25H29N7O3S/c1-30(2)11-12-35-18-4-3-17-15-32(24(34)19(17)13-18)25-29-21(16-36-25)23(33)28-20-14-27-6-5-22(20)31-9-7-26-8-10-31/h3-6,13-16,26,34H,7-12H2,1-2H3,(H,28,33). The highest BCUT2D eigenvalue weighted by atomic mass is 32.1. The maximum Gasteiger partial charge on any atom is 0.275 e. The number of benzene rings is 1. The van der Waals surface area contributed by atoms with Crippen LogP contribution in [0.1, 0.15) is 10.5 Å². The molecule has 0 radical (unpaired) electrons. The zero-order valence-electron chi connectivity index (χ0n) is 20.3. The third-order valence-electron chi connectivity index (χ3n) is 6.00. The number of anilines is 2. The summed E-state index contributed by atoms with van der Waals surface area (Å²) >= 11 is 1.28. The fourth-order valence-electron chi connectivity index (χ4n) is 4.08. The molecule has 0 aliphatic carbocycles. The number of piperazine rings is 1. The molecular formula is C25H29N7O3S. The van der Waals surface area contributed by atoms with Crippen molar-refractivity contribution in [2.45, 2.75) is 0 Å². The highest BCUT2D eigenvalue weighted by Gasteiger charge is 2.19. The molecule has 188 valence electrons. The summed E-state index contributed by atoms with van der Waals surface area (Å²) in [7, 11) is 3.98. The zero-order chi connectivity index (χ0) is 25.1. The van der Waals surface area contributed by atoms with Gasteiger partial charge in [-0.15, -0.1) is 11.3 Å². The van der Waals surface area contributed by atoms with Crippen LogP contribution in [0.5, 0.6) is 11.6 Å². The molecule has 1 aromatic carbocycles. The molecule has 36 heavy (non-hydrogen) atoms. The van der Waals surface area contributed by atoms with Crippen molar-refractivity contribution in [2.75, 3.05) is 63.6 Å². The predicted molar refractivity (Wildman–Crippen MR) is 142 cm³/mol. The second-order valence-electron chi connectivity index (χ2n) is 8.82. The lowest BCUT2D eigenvalue weighted by atomic mass is 10.2. The molecule has 0 spiro atoms. The third-order valence-corrected chi connectivity index (χ3v) is 6.84. The lowest BCUT2D eigenvalue weighted by molar-refractivity contribution is 0.102. The first-order valence-corrected chi connectivity index (χ1v) is 12.7. The van der Waals surface area contributed by atoms with Crippen LogP contribution in [0.15, 0.2) is 48.2 Å². The molecule has 1 aliphatic heterocycles. The molecule has 3 aromatic heterocycles. The van der Waals surface area contributed by atoms with E-state index in [1.165, 1.54) is 11.3 Å². The van der Waals surface area contributed by atoms with E-state index >= 15 is 0 Å². The number of pyridine rings is 1. The van der Waals surface area contributed by atoms with Crippen LogP contribution in [0.3, 0.4) is 0 Å². The van der Waals surface area contributed by atoms with Gasteiger partial charge in [0.05, 0.1) is 17.6 Å². The van der Waals surface area contributed by atoms with Gasteiger partial charge in [-0.2, -0.15) is 0 Å². The number of carbonyl (C=O) groups is 1. The number of rotatable bonds is 8. The fourth-order valence-corrected chi connectivity index (χ4v) is 4.86. The SMILES string of the molecule is CN(C)CCOc1ccc2cn(-c3nc(C(=O)Nc4cnccc4N4CCNCC4)cs3)c(O)c2c1. The topological polar surface area (TPSA) is 108 Å². The van der Waals surface area contributed by atoms with Gasteiger partial charge in [0.1, 0.15) is 18.1 Å². The molecular weight excluding hydrogens is 478 g/mol. The summed E-state index contributed by atoms with van der Waals surface area (Å²) in [4.78, 5) is 26.0. The molecule has 4 aromatic rings. The molecule has 0 saturated carbocycles. The number of nitrogens with zero attached hydrogens (tertiary/aromatic N) is 5. The first kappa shape index (κ1) is 24.0. The first-order chi connectivity index (χ1) is 17.5. The van der Waals surface area contributed by atoms with E-state index in [-0.39, 0.29) is 17.5 Å². The Morgan fingerprint density at radius 1 is 1.28 bits per heavy atom. The van der Waals surface area contributed by atoms with Crippen molar-refractivity contribution in [1.29, 1.82) is 0 Å². The van der Waals surface area contributed by atoms with Crippen molar-refractivity contribution >= 4 is 39.4 Å². The van der Waals surface area contributed by atoms with Gasteiger partial charge in [0, 0.05) is 61.3 Å². The molecule has 4 heterocycles. The number of hydrogen-bond donors (Lipinski definition) is 3. The van der Waals surface area contributed by atoms with Crippen molar-refractivity contribution in [3.63, 3.8) is 0 Å². The number of aromatic nitrogens is 3. The summed E-state index contributed by atoms with van der Waals surface area (Å²) in [6.45, 7) is 4.85. The maximum absolute atomic E-state index is 13.0. The Labute approximate surface area is 213 Å². The highest BCUT2D eigenvalue weighted by molar-refractivity contribution is 7.12. The van der Waals surface area contributed by atoms with E-state index in [1.807, 2.05) is 43.3 Å². The van der Waals surface area contributed by atoms with Crippen molar-refractivity contribution in [3.8, 4) is 16.8 Å². The number of amides is 1. The third kappa shape index (κ3) is 5.13. The highest BCUT2D eigenvalue weighted by Crippen LogP contribution is 2.34. The maximum atomic E-state index is 13.0. The van der Waals surface area contributed by atoms with Gasteiger partial charge in [-0.1, -0.05) is 0 Å². The minimum Gasteiger partial charge on any atom is -0.494 e. The number of nitrogens with one attached hydrogen (secondary N) is 2. The van der Waals surface area contributed by atoms with Crippen LogP contribution in [0.4, 0.5) is 11.4 Å². The number of aromatic hydroxyl groups is 1. The predicted octanol–water partition coefficient (Wildman–Crippen LogP) is 2.79. The van der Waals surface area contributed by atoms with Crippen molar-refractivity contribution in [1.82, 2.24) is 24.8 Å². The Bertz CT molecular complexity index is 1360. The average molecular weight is 508 g/mol. The van der Waals surface area contributed by atoms with Crippen LogP contribution in [0.25, 0.3) is 15.9 Å². The van der Waals surface area contributed by atoms with Crippen molar-refractivity contribution in [2.24, 2.45) is 0 Å². The van der Waals surface area contributed by atoms with Gasteiger partial charge >= 0.3 is 0 Å². The lowest BCUT2D eigenvalue weighted by Gasteiger charge is -2.30. The molecule has 1 fully saturated rings. The quantitative estimate of drug-likeness (QED) is 0.334. The normalized spacial score (nSPS) is 13.9. The molecule has 0 atom stereocenters. The van der Waals surface area contributed by atoms with Crippen LogP contribution < -0.4 is 20.3 Å². The Morgan fingerprint density at radius 2 is 2.11 bits per heavy atom. The van der Waals surface area contributed by atoms with Gasteiger partial charge in [-0.3, -0.25) is 14.3 Å². The van der Waals surface area contributed by atoms with Gasteiger partial charge in [-0.25, -0.2) is 4.98 Å². The molecule has 0 bridgehead atoms. The molecule has 10 nitrogen and oxygen atoms in total. The molecule has 11 heteroatoms. The van der Waals surface area contributed by atoms with E-state index in [0.29, 0.717) is 28.6 Å². The van der Waals surface area contributed by atoms with E-state index in [2.05, 4.69) is 25.5 Å². The number of ether oxygens (including phenoxy) is 1. The number of carbonyl (C=O) groups excluding carboxylic acids is 1. The summed E-state index contributed by atoms with van der Waals surface area (Å²) in [5.41, 5.74) is 1.86. The Balaban J connectivity index is 1.33. The molecule has 3 N–H and O–H groups in total. The summed E-state index contributed by atoms with van der Waals surface area (Å²) < 4.78 is 7.39. The van der Waals surface area contributed by atoms with Crippen molar-refractivity contribution < 1.29 is 14.6 Å². The molecule has 1 aliphatic rings. The van der Waals surface area contributed by atoms with E-state index < -0.39 is 0 Å². The largest absolute Gasteiger partial charge is 0.494 e. The van der Waals surface area contributed by atoms with Gasteiger partial charge < -0.3 is 30.3 Å². The Hall–Kier alpha value is -3.67. The summed E-state index contributed by atoms with van der Waals surface area (Å²) in [6, 6.07) is 7.51. The number of fused-ring (bicyclic) bond motifs is 1. The van der Waals surface area contributed by atoms with Gasteiger partial charge in [0.25, 0.3) is 5.91 Å². The van der Waals surface area contributed by atoms with E-state index in [0.717, 1.165) is 43.8 Å². The van der Waals surface area contributed by atoms with E-state index in [1.54, 1.807) is 28.5 Å². The van der Waals surface area contributed by atoms with Crippen LogP contribution >= 0.6 is 11.3 Å². The van der Waals surface area contributed by atoms with Crippen LogP contribution in [0.2, 0.25) is 0 Å². The summed E-state index contributed by atoms with van der Waals surface area (Å²) in [6.07, 6.45) is 5.19. The number of thiazole rings is 1. The van der Waals surface area contributed by atoms with Gasteiger partial charge in [-0.05, 0) is 38.4 Å². The minimum absolute atomic E-state index is 0.0534. The monoisotopic (exact) mass is 507 g/mol. The van der Waals surface area contributed by atoms with E-state index in [9.17, 15) is 9.90 Å². The Morgan fingerprint density at radius 3 is 2.92 bits per heavy atom. The number of hydrogen-bond acceptors (Lipinski definition) is 9. The number of likely N-dealkylation sites (N-methyl/N-ethyl adjacent to an activating group) is 1. The van der Waals surface area contributed by atoms with Gasteiger partial charge in [0.15, 0.2) is 5.13 Å². The van der Waals surface area contributed by atoms with Crippen LogP contribution in [-0.4, -0.2) is 83.9 Å². The van der Waals surface area contributed by atoms with Crippen LogP contribution in [-0.2, 0) is 0 Å². The average Bonchev–Trinajstić information content (AvgIpc) is 3.50. The minimum atomic E-state index is -0.324. The lowest BCUT2D eigenvalue weighted by Crippen LogP contribution is -2.43. The zero-order valence-corrected chi connectivity index (χ0v) is 21.1. The van der Waals surface area contributed by atoms with Crippen molar-refractivity contribution in [3.05, 3.63) is 53.9 Å². The van der Waals surface area contributed by atoms with E-state index in [4.69, 9.17) is 4.74 Å². The fraction of sp³-hybridized carbons (Fsp3) is 0.320. The summed E-state index contributed by atoms with van der Waals surface area (Å²) in [5.74, 6) is 0.417. The molecule has 0 unspecified atom stereocenters. The second-order valence-corrected chi connectivity index (χ2v) is 9.66. The molecule has 5 rings (SSSR count). The second kappa shape index (κ2) is 10.5. The molecule has 1 amide bonds. The van der Waals surface area contributed by atoms with Crippen LogP contribution in [0, 0.1) is 0 Å². The summed E-state index contributed by atoms with van der Waals surface area (Å²) in [5, 5.41) is 20.9. The Kier molecular flexibility index (Phi) is 7.03. The molecule has 1 saturated heterocycles. The smallest absolute Gasteiger partial charge is 0.275 e.